The standard InChI is InChI=1S/C14H16N2O2S/c1-9-7-11(15)3-5-13(9)19(17,18)14-6-4-12(16)8-10(14)2/h3-8H,15-16H2,1-2H3. The van der Waals surface area contributed by atoms with E-state index in [0.29, 0.717) is 22.5 Å². The fourth-order valence-corrected chi connectivity index (χ4v) is 3.76. The zero-order valence-corrected chi connectivity index (χ0v) is 11.7. The number of anilines is 2. The molecular formula is C14H16N2O2S. The van der Waals surface area contributed by atoms with Crippen molar-refractivity contribution in [1.82, 2.24) is 0 Å². The third-order valence-electron chi connectivity index (χ3n) is 2.98. The summed E-state index contributed by atoms with van der Waals surface area (Å²) in [6.45, 7) is 3.46. The minimum absolute atomic E-state index is 0.273. The van der Waals surface area contributed by atoms with E-state index < -0.39 is 9.84 Å². The largest absolute Gasteiger partial charge is 0.399 e. The molecule has 2 rings (SSSR count). The van der Waals surface area contributed by atoms with Gasteiger partial charge in [-0.3, -0.25) is 0 Å². The SMILES string of the molecule is Cc1cc(N)ccc1S(=O)(=O)c1ccc(N)cc1C. The molecule has 0 aliphatic rings. The second-order valence-corrected chi connectivity index (χ2v) is 6.44. The van der Waals surface area contributed by atoms with Gasteiger partial charge in [0.2, 0.25) is 9.84 Å². The number of rotatable bonds is 2. The normalized spacial score (nSPS) is 11.5. The van der Waals surface area contributed by atoms with E-state index in [0.717, 1.165) is 0 Å². The van der Waals surface area contributed by atoms with Crippen LogP contribution in [0.3, 0.4) is 0 Å². The van der Waals surface area contributed by atoms with E-state index in [2.05, 4.69) is 0 Å². The second kappa shape index (κ2) is 4.59. The summed E-state index contributed by atoms with van der Waals surface area (Å²) in [6.07, 6.45) is 0. The van der Waals surface area contributed by atoms with Crippen molar-refractivity contribution in [3.8, 4) is 0 Å². The van der Waals surface area contributed by atoms with Crippen molar-refractivity contribution in [2.24, 2.45) is 0 Å². The Bertz CT molecular complexity index is 680. The predicted octanol–water partition coefficient (Wildman–Crippen LogP) is 2.30. The first-order valence-corrected chi connectivity index (χ1v) is 7.28. The van der Waals surface area contributed by atoms with Gasteiger partial charge in [-0.15, -0.1) is 0 Å². The van der Waals surface area contributed by atoms with Gasteiger partial charge in [0, 0.05) is 11.4 Å². The van der Waals surface area contributed by atoms with Crippen molar-refractivity contribution in [2.45, 2.75) is 23.6 Å². The molecule has 0 aliphatic carbocycles. The maximum atomic E-state index is 12.6. The number of sulfone groups is 1. The third kappa shape index (κ3) is 2.42. The molecule has 0 aliphatic heterocycles. The van der Waals surface area contributed by atoms with Crippen LogP contribution in [-0.4, -0.2) is 8.42 Å². The highest BCUT2D eigenvalue weighted by Gasteiger charge is 2.21. The van der Waals surface area contributed by atoms with Crippen molar-refractivity contribution in [3.05, 3.63) is 47.5 Å². The first-order chi connectivity index (χ1) is 8.82. The molecule has 0 saturated heterocycles. The van der Waals surface area contributed by atoms with E-state index >= 15 is 0 Å². The van der Waals surface area contributed by atoms with E-state index in [1.54, 1.807) is 38.1 Å². The van der Waals surface area contributed by atoms with Crippen LogP contribution in [0.5, 0.6) is 0 Å². The summed E-state index contributed by atoms with van der Waals surface area (Å²) in [5, 5.41) is 0. The number of aryl methyl sites for hydroxylation is 2. The van der Waals surface area contributed by atoms with Crippen molar-refractivity contribution < 1.29 is 8.42 Å². The highest BCUT2D eigenvalue weighted by atomic mass is 32.2. The van der Waals surface area contributed by atoms with Crippen LogP contribution in [0.2, 0.25) is 0 Å². The van der Waals surface area contributed by atoms with Crippen molar-refractivity contribution in [2.75, 3.05) is 11.5 Å². The Balaban J connectivity index is 2.65. The average Bonchev–Trinajstić information content (AvgIpc) is 2.27. The average molecular weight is 276 g/mol. The van der Waals surface area contributed by atoms with Gasteiger partial charge in [-0.05, 0) is 61.4 Å². The summed E-state index contributed by atoms with van der Waals surface area (Å²) in [5.74, 6) is 0. The lowest BCUT2D eigenvalue weighted by Crippen LogP contribution is -2.07. The van der Waals surface area contributed by atoms with Crippen LogP contribution < -0.4 is 11.5 Å². The second-order valence-electron chi connectivity index (χ2n) is 4.55. The van der Waals surface area contributed by atoms with Crippen LogP contribution in [-0.2, 0) is 9.84 Å². The van der Waals surface area contributed by atoms with Gasteiger partial charge in [-0.1, -0.05) is 0 Å². The van der Waals surface area contributed by atoms with E-state index in [-0.39, 0.29) is 9.79 Å². The van der Waals surface area contributed by atoms with Gasteiger partial charge in [0.1, 0.15) is 0 Å². The molecule has 0 radical (unpaired) electrons. The molecule has 0 heterocycles. The van der Waals surface area contributed by atoms with Crippen LogP contribution in [0.4, 0.5) is 11.4 Å². The molecule has 100 valence electrons. The molecule has 0 aromatic heterocycles. The van der Waals surface area contributed by atoms with E-state index in [1.165, 1.54) is 12.1 Å². The summed E-state index contributed by atoms with van der Waals surface area (Å²) in [7, 11) is -3.54. The third-order valence-corrected chi connectivity index (χ3v) is 5.05. The fraction of sp³-hybridized carbons (Fsp3) is 0.143. The highest BCUT2D eigenvalue weighted by Crippen LogP contribution is 2.28. The number of nitrogens with two attached hydrogens (primary N) is 2. The minimum atomic E-state index is -3.54. The number of hydrogen-bond acceptors (Lipinski definition) is 4. The maximum absolute atomic E-state index is 12.6. The quantitative estimate of drug-likeness (QED) is 0.824. The van der Waals surface area contributed by atoms with Crippen LogP contribution in [0.1, 0.15) is 11.1 Å². The van der Waals surface area contributed by atoms with E-state index in [1.807, 2.05) is 0 Å². The molecule has 4 N–H and O–H groups in total. The molecule has 2 aromatic rings. The van der Waals surface area contributed by atoms with Crippen LogP contribution in [0, 0.1) is 13.8 Å². The van der Waals surface area contributed by atoms with E-state index in [9.17, 15) is 8.42 Å². The van der Waals surface area contributed by atoms with Gasteiger partial charge in [0.05, 0.1) is 9.79 Å². The monoisotopic (exact) mass is 276 g/mol. The zero-order chi connectivity index (χ0) is 14.2. The fourth-order valence-electron chi connectivity index (χ4n) is 2.07. The van der Waals surface area contributed by atoms with Crippen LogP contribution in [0.25, 0.3) is 0 Å². The molecule has 0 amide bonds. The lowest BCUT2D eigenvalue weighted by molar-refractivity contribution is 0.595. The Morgan fingerprint density at radius 1 is 0.789 bits per heavy atom. The summed E-state index contributed by atoms with van der Waals surface area (Å²) in [4.78, 5) is 0.546. The number of benzene rings is 2. The maximum Gasteiger partial charge on any atom is 0.207 e. The first-order valence-electron chi connectivity index (χ1n) is 5.79. The molecule has 0 bridgehead atoms. The topological polar surface area (TPSA) is 86.2 Å². The Kier molecular flexibility index (Phi) is 3.24. The minimum Gasteiger partial charge on any atom is -0.399 e. The summed E-state index contributed by atoms with van der Waals surface area (Å²) >= 11 is 0. The van der Waals surface area contributed by atoms with Gasteiger partial charge in [0.25, 0.3) is 0 Å². The van der Waals surface area contributed by atoms with Crippen LogP contribution in [0.15, 0.2) is 46.2 Å². The van der Waals surface area contributed by atoms with Gasteiger partial charge < -0.3 is 11.5 Å². The highest BCUT2D eigenvalue weighted by molar-refractivity contribution is 7.91. The van der Waals surface area contributed by atoms with Gasteiger partial charge in [-0.25, -0.2) is 8.42 Å². The Labute approximate surface area is 113 Å². The summed E-state index contributed by atoms with van der Waals surface area (Å²) in [5.41, 5.74) is 13.7. The molecule has 0 spiro atoms. The number of hydrogen-bond donors (Lipinski definition) is 2. The smallest absolute Gasteiger partial charge is 0.207 e. The van der Waals surface area contributed by atoms with Crippen molar-refractivity contribution >= 4 is 21.2 Å². The predicted molar refractivity (Wildman–Crippen MR) is 76.6 cm³/mol. The van der Waals surface area contributed by atoms with E-state index in [4.69, 9.17) is 11.5 Å². The molecule has 4 nitrogen and oxygen atoms in total. The summed E-state index contributed by atoms with van der Waals surface area (Å²) in [6, 6.07) is 9.56. The lowest BCUT2D eigenvalue weighted by atomic mass is 10.2. The van der Waals surface area contributed by atoms with Crippen molar-refractivity contribution in [1.29, 1.82) is 0 Å². The van der Waals surface area contributed by atoms with Crippen LogP contribution >= 0.6 is 0 Å². The summed E-state index contributed by atoms with van der Waals surface area (Å²) < 4.78 is 25.2. The van der Waals surface area contributed by atoms with Gasteiger partial charge >= 0.3 is 0 Å². The molecule has 0 fully saturated rings. The van der Waals surface area contributed by atoms with Gasteiger partial charge in [-0.2, -0.15) is 0 Å². The zero-order valence-electron chi connectivity index (χ0n) is 10.8. The molecule has 0 unspecified atom stereocenters. The number of nitrogen functional groups attached to an aromatic ring is 2. The molecule has 0 atom stereocenters. The molecular weight excluding hydrogens is 260 g/mol. The lowest BCUT2D eigenvalue weighted by Gasteiger charge is -2.11. The Morgan fingerprint density at radius 3 is 1.47 bits per heavy atom. The molecule has 2 aromatic carbocycles. The van der Waals surface area contributed by atoms with Gasteiger partial charge in [0.15, 0.2) is 0 Å². The first kappa shape index (κ1) is 13.4. The molecule has 5 heteroatoms. The Hall–Kier alpha value is -2.01. The van der Waals surface area contributed by atoms with Crippen molar-refractivity contribution in [3.63, 3.8) is 0 Å². The Morgan fingerprint density at radius 2 is 1.16 bits per heavy atom. The molecule has 19 heavy (non-hydrogen) atoms. The molecule has 0 saturated carbocycles.